The number of aryl methyl sites for hydroxylation is 2. The molecule has 3 N–H and O–H groups in total. The first-order chi connectivity index (χ1) is 8.56. The maximum Gasteiger partial charge on any atom is 0.259 e. The molecule has 5 nitrogen and oxygen atoms in total. The lowest BCUT2D eigenvalue weighted by Gasteiger charge is -2.07. The summed E-state index contributed by atoms with van der Waals surface area (Å²) in [5, 5.41) is 2.72. The van der Waals surface area contributed by atoms with Crippen LogP contribution in [-0.2, 0) is 0 Å². The van der Waals surface area contributed by atoms with Gasteiger partial charge in [0.2, 0.25) is 0 Å². The molecule has 0 aromatic carbocycles. The van der Waals surface area contributed by atoms with Gasteiger partial charge in [0.05, 0.1) is 17.4 Å². The average molecular weight is 242 g/mol. The lowest BCUT2D eigenvalue weighted by Crippen LogP contribution is -2.14. The summed E-state index contributed by atoms with van der Waals surface area (Å²) in [4.78, 5) is 20.1. The first-order valence-corrected chi connectivity index (χ1v) is 5.52. The Morgan fingerprint density at radius 3 is 2.50 bits per heavy atom. The Hall–Kier alpha value is -2.43. The van der Waals surface area contributed by atoms with Crippen molar-refractivity contribution in [3.63, 3.8) is 0 Å². The highest BCUT2D eigenvalue weighted by atomic mass is 16.1. The van der Waals surface area contributed by atoms with Crippen molar-refractivity contribution in [2.45, 2.75) is 13.8 Å². The van der Waals surface area contributed by atoms with Crippen LogP contribution in [0.3, 0.4) is 0 Å². The highest BCUT2D eigenvalue weighted by Gasteiger charge is 2.10. The molecule has 2 aromatic rings. The van der Waals surface area contributed by atoms with Crippen LogP contribution >= 0.6 is 0 Å². The normalized spacial score (nSPS) is 10.1. The van der Waals surface area contributed by atoms with Gasteiger partial charge in [-0.3, -0.25) is 14.8 Å². The molecular weight excluding hydrogens is 228 g/mol. The van der Waals surface area contributed by atoms with E-state index < -0.39 is 0 Å². The van der Waals surface area contributed by atoms with Gasteiger partial charge in [-0.05, 0) is 32.0 Å². The fourth-order valence-electron chi connectivity index (χ4n) is 1.51. The number of rotatable bonds is 2. The zero-order chi connectivity index (χ0) is 13.1. The van der Waals surface area contributed by atoms with E-state index >= 15 is 0 Å². The number of aromatic nitrogens is 2. The molecule has 2 aromatic heterocycles. The van der Waals surface area contributed by atoms with E-state index in [1.165, 1.54) is 6.20 Å². The van der Waals surface area contributed by atoms with E-state index in [9.17, 15) is 4.79 Å². The summed E-state index contributed by atoms with van der Waals surface area (Å²) in [6.07, 6.45) is 3.08. The van der Waals surface area contributed by atoms with Crippen LogP contribution in [0.5, 0.6) is 0 Å². The molecule has 0 bridgehead atoms. The van der Waals surface area contributed by atoms with Gasteiger partial charge in [0.25, 0.3) is 5.91 Å². The Morgan fingerprint density at radius 2 is 1.89 bits per heavy atom. The number of carbonyl (C=O) groups excluding carboxylic acids is 1. The van der Waals surface area contributed by atoms with Crippen LogP contribution in [-0.4, -0.2) is 15.9 Å². The van der Waals surface area contributed by atoms with E-state index in [1.807, 2.05) is 19.9 Å². The molecule has 0 saturated carbocycles. The maximum atomic E-state index is 12.0. The van der Waals surface area contributed by atoms with Crippen LogP contribution in [0.1, 0.15) is 21.7 Å². The number of nitrogens with one attached hydrogen (secondary N) is 1. The third-order valence-corrected chi connectivity index (χ3v) is 2.49. The predicted octanol–water partition coefficient (Wildman–Crippen LogP) is 1.93. The topological polar surface area (TPSA) is 80.9 Å². The molecule has 0 saturated heterocycles. The van der Waals surface area contributed by atoms with Gasteiger partial charge in [0.1, 0.15) is 0 Å². The molecule has 0 unspecified atom stereocenters. The molecule has 2 heterocycles. The fourth-order valence-corrected chi connectivity index (χ4v) is 1.51. The third-order valence-electron chi connectivity index (χ3n) is 2.49. The Morgan fingerprint density at radius 1 is 1.17 bits per heavy atom. The van der Waals surface area contributed by atoms with E-state index in [0.717, 1.165) is 11.4 Å². The van der Waals surface area contributed by atoms with Crippen molar-refractivity contribution in [3.05, 3.63) is 47.5 Å². The zero-order valence-electron chi connectivity index (χ0n) is 10.3. The van der Waals surface area contributed by atoms with Crippen LogP contribution in [0.15, 0.2) is 30.6 Å². The number of anilines is 2. The van der Waals surface area contributed by atoms with Gasteiger partial charge in [-0.2, -0.15) is 0 Å². The van der Waals surface area contributed by atoms with Gasteiger partial charge in [0, 0.05) is 23.3 Å². The fraction of sp³-hybridized carbons (Fsp3) is 0.154. The summed E-state index contributed by atoms with van der Waals surface area (Å²) >= 11 is 0. The number of nitrogens with two attached hydrogens (primary N) is 1. The molecule has 1 amide bonds. The van der Waals surface area contributed by atoms with Crippen molar-refractivity contribution in [3.8, 4) is 0 Å². The second kappa shape index (κ2) is 4.83. The van der Waals surface area contributed by atoms with E-state index in [-0.39, 0.29) is 5.91 Å². The van der Waals surface area contributed by atoms with Crippen LogP contribution in [0.2, 0.25) is 0 Å². The third kappa shape index (κ3) is 2.63. The summed E-state index contributed by atoms with van der Waals surface area (Å²) in [6, 6.07) is 5.28. The van der Waals surface area contributed by atoms with Gasteiger partial charge in [-0.25, -0.2) is 0 Å². The minimum absolute atomic E-state index is 0.286. The molecule has 0 spiro atoms. The number of nitrogen functional groups attached to an aromatic ring is 1. The lowest BCUT2D eigenvalue weighted by atomic mass is 10.2. The van der Waals surface area contributed by atoms with Gasteiger partial charge in [-0.1, -0.05) is 0 Å². The smallest absolute Gasteiger partial charge is 0.259 e. The molecule has 0 aliphatic rings. The molecule has 0 radical (unpaired) electrons. The summed E-state index contributed by atoms with van der Waals surface area (Å²) in [5.41, 5.74) is 8.86. The van der Waals surface area contributed by atoms with Gasteiger partial charge in [0.15, 0.2) is 0 Å². The Bertz CT molecular complexity index is 578. The van der Waals surface area contributed by atoms with Crippen LogP contribution in [0.4, 0.5) is 11.4 Å². The number of amides is 1. The van der Waals surface area contributed by atoms with Crippen molar-refractivity contribution in [1.82, 2.24) is 9.97 Å². The number of nitrogens with zero attached hydrogens (tertiary/aromatic N) is 2. The Labute approximate surface area is 105 Å². The molecule has 18 heavy (non-hydrogen) atoms. The number of hydrogen-bond donors (Lipinski definition) is 2. The van der Waals surface area contributed by atoms with Gasteiger partial charge < -0.3 is 11.1 Å². The second-order valence-electron chi connectivity index (χ2n) is 4.06. The average Bonchev–Trinajstić information content (AvgIpc) is 2.32. The first kappa shape index (κ1) is 12.0. The summed E-state index contributed by atoms with van der Waals surface area (Å²) in [7, 11) is 0. The maximum absolute atomic E-state index is 12.0. The zero-order valence-corrected chi connectivity index (χ0v) is 10.3. The largest absolute Gasteiger partial charge is 0.398 e. The van der Waals surface area contributed by atoms with E-state index in [0.29, 0.717) is 16.9 Å². The molecular formula is C13H14N4O. The lowest BCUT2D eigenvalue weighted by molar-refractivity contribution is 0.102. The minimum atomic E-state index is -0.286. The Kier molecular flexibility index (Phi) is 3.23. The molecule has 0 aliphatic heterocycles. The van der Waals surface area contributed by atoms with E-state index in [2.05, 4.69) is 15.3 Å². The number of hydrogen-bond acceptors (Lipinski definition) is 4. The van der Waals surface area contributed by atoms with Gasteiger partial charge >= 0.3 is 0 Å². The number of carbonyl (C=O) groups is 1. The second-order valence-corrected chi connectivity index (χ2v) is 4.06. The van der Waals surface area contributed by atoms with E-state index in [1.54, 1.807) is 18.3 Å². The minimum Gasteiger partial charge on any atom is -0.398 e. The summed E-state index contributed by atoms with van der Waals surface area (Å²) in [6.45, 7) is 3.70. The Balaban J connectivity index is 2.19. The van der Waals surface area contributed by atoms with Crippen molar-refractivity contribution in [2.75, 3.05) is 11.1 Å². The monoisotopic (exact) mass is 242 g/mol. The molecule has 0 aliphatic carbocycles. The van der Waals surface area contributed by atoms with Crippen molar-refractivity contribution >= 4 is 17.3 Å². The molecule has 0 atom stereocenters. The van der Waals surface area contributed by atoms with Crippen LogP contribution < -0.4 is 11.1 Å². The standard InChI is InChI=1S/C13H14N4O/c1-8-3-4-10(6-15-8)17-13(18)11-7-16-9(2)5-12(11)14/h3-7H,1-2H3,(H2,14,16)(H,17,18). The molecule has 0 fully saturated rings. The first-order valence-electron chi connectivity index (χ1n) is 5.52. The van der Waals surface area contributed by atoms with Crippen molar-refractivity contribution in [2.24, 2.45) is 0 Å². The van der Waals surface area contributed by atoms with Crippen molar-refractivity contribution in [1.29, 1.82) is 0 Å². The summed E-state index contributed by atoms with van der Waals surface area (Å²) in [5.74, 6) is -0.286. The number of pyridine rings is 2. The van der Waals surface area contributed by atoms with Crippen LogP contribution in [0, 0.1) is 13.8 Å². The van der Waals surface area contributed by atoms with Gasteiger partial charge in [-0.15, -0.1) is 0 Å². The molecule has 2 rings (SSSR count). The van der Waals surface area contributed by atoms with Crippen molar-refractivity contribution < 1.29 is 4.79 Å². The molecule has 5 heteroatoms. The highest BCUT2D eigenvalue weighted by molar-refractivity contribution is 6.07. The SMILES string of the molecule is Cc1ccc(NC(=O)c2cnc(C)cc2N)cn1. The molecule has 92 valence electrons. The highest BCUT2D eigenvalue weighted by Crippen LogP contribution is 2.14. The predicted molar refractivity (Wildman–Crippen MR) is 70.3 cm³/mol. The van der Waals surface area contributed by atoms with E-state index in [4.69, 9.17) is 5.73 Å². The summed E-state index contributed by atoms with van der Waals surface area (Å²) < 4.78 is 0. The van der Waals surface area contributed by atoms with Crippen LogP contribution in [0.25, 0.3) is 0 Å². The quantitative estimate of drug-likeness (QED) is 0.843.